The molecule has 0 saturated heterocycles. The molecule has 0 saturated carbocycles. The van der Waals surface area contributed by atoms with E-state index in [-0.39, 0.29) is 5.91 Å². The van der Waals surface area contributed by atoms with Crippen LogP contribution in [-0.2, 0) is 4.79 Å². The van der Waals surface area contributed by atoms with Crippen molar-refractivity contribution in [1.82, 2.24) is 0 Å². The van der Waals surface area contributed by atoms with Crippen LogP contribution in [0.2, 0.25) is 0 Å². The minimum Gasteiger partial charge on any atom is -0.496 e. The van der Waals surface area contributed by atoms with Crippen molar-refractivity contribution in [3.8, 4) is 11.5 Å². The third-order valence-corrected chi connectivity index (χ3v) is 2.53. The predicted octanol–water partition coefficient (Wildman–Crippen LogP) is 1.99. The maximum Gasteiger partial charge on any atom is 0.223 e. The van der Waals surface area contributed by atoms with Gasteiger partial charge in [0.25, 0.3) is 0 Å². The lowest BCUT2D eigenvalue weighted by Crippen LogP contribution is -2.23. The van der Waals surface area contributed by atoms with Crippen molar-refractivity contribution >= 4 is 11.6 Å². The number of benzene rings is 1. The number of nitrogens with zero attached hydrogens (tertiary/aromatic N) is 1. The van der Waals surface area contributed by atoms with E-state index < -0.39 is 0 Å². The number of ether oxygens (including phenoxy) is 2. The average molecular weight is 223 g/mol. The Morgan fingerprint density at radius 1 is 1.19 bits per heavy atom. The topological polar surface area (TPSA) is 38.8 Å². The molecule has 0 aliphatic carbocycles. The molecule has 0 aliphatic rings. The first kappa shape index (κ1) is 12.4. The zero-order valence-electron chi connectivity index (χ0n) is 10.3. The van der Waals surface area contributed by atoms with Crippen molar-refractivity contribution in [1.29, 1.82) is 0 Å². The summed E-state index contributed by atoms with van der Waals surface area (Å²) in [5, 5.41) is 0. The Balaban J connectivity index is 3.28. The fourth-order valence-electron chi connectivity index (χ4n) is 1.47. The van der Waals surface area contributed by atoms with Crippen molar-refractivity contribution < 1.29 is 14.3 Å². The number of anilines is 1. The Morgan fingerprint density at radius 3 is 2.19 bits per heavy atom. The molecule has 0 atom stereocenters. The maximum atomic E-state index is 11.3. The molecule has 4 nitrogen and oxygen atoms in total. The van der Waals surface area contributed by atoms with E-state index >= 15 is 0 Å². The zero-order valence-corrected chi connectivity index (χ0v) is 10.3. The predicted molar refractivity (Wildman–Crippen MR) is 63.4 cm³/mol. The van der Waals surface area contributed by atoms with E-state index in [1.165, 1.54) is 6.92 Å². The molecule has 1 aromatic carbocycles. The second-order valence-electron chi connectivity index (χ2n) is 3.57. The molecule has 1 amide bonds. The highest BCUT2D eigenvalue weighted by Crippen LogP contribution is 2.34. The van der Waals surface area contributed by atoms with Crippen LogP contribution < -0.4 is 14.4 Å². The lowest BCUT2D eigenvalue weighted by atomic mass is 10.1. The molecule has 4 heteroatoms. The van der Waals surface area contributed by atoms with Crippen LogP contribution in [0.25, 0.3) is 0 Å². The minimum atomic E-state index is -0.0390. The fourth-order valence-corrected chi connectivity index (χ4v) is 1.47. The number of carbonyl (C=O) groups excluding carboxylic acids is 1. The van der Waals surface area contributed by atoms with E-state index in [2.05, 4.69) is 0 Å². The molecule has 1 aromatic rings. The van der Waals surface area contributed by atoms with Gasteiger partial charge in [-0.25, -0.2) is 0 Å². The summed E-state index contributed by atoms with van der Waals surface area (Å²) in [6.45, 7) is 3.44. The number of carbonyl (C=O) groups is 1. The lowest BCUT2D eigenvalue weighted by molar-refractivity contribution is -0.116. The van der Waals surface area contributed by atoms with Crippen LogP contribution in [0.1, 0.15) is 12.5 Å². The van der Waals surface area contributed by atoms with E-state index in [0.717, 1.165) is 17.0 Å². The monoisotopic (exact) mass is 223 g/mol. The number of aryl methyl sites for hydroxylation is 1. The van der Waals surface area contributed by atoms with Gasteiger partial charge >= 0.3 is 0 Å². The van der Waals surface area contributed by atoms with Gasteiger partial charge in [0.2, 0.25) is 5.91 Å². The first-order valence-electron chi connectivity index (χ1n) is 4.98. The van der Waals surface area contributed by atoms with Crippen LogP contribution in [0.4, 0.5) is 5.69 Å². The van der Waals surface area contributed by atoms with Crippen LogP contribution in [0.3, 0.4) is 0 Å². The van der Waals surface area contributed by atoms with Crippen molar-refractivity contribution in [2.45, 2.75) is 13.8 Å². The number of methoxy groups -OCH3 is 2. The zero-order chi connectivity index (χ0) is 12.3. The molecule has 0 heterocycles. The Bertz CT molecular complexity index is 401. The summed E-state index contributed by atoms with van der Waals surface area (Å²) in [5.41, 5.74) is 1.71. The molecule has 0 N–H and O–H groups in total. The molecule has 0 spiro atoms. The lowest BCUT2D eigenvalue weighted by Gasteiger charge is -2.20. The summed E-state index contributed by atoms with van der Waals surface area (Å²) in [5.74, 6) is 1.33. The molecular formula is C12H17NO3. The molecular weight excluding hydrogens is 206 g/mol. The molecule has 0 radical (unpaired) electrons. The Hall–Kier alpha value is -1.71. The van der Waals surface area contributed by atoms with Gasteiger partial charge in [-0.05, 0) is 18.6 Å². The second kappa shape index (κ2) is 4.88. The molecule has 0 unspecified atom stereocenters. The molecule has 0 aliphatic heterocycles. The molecule has 0 aromatic heterocycles. The molecule has 0 bridgehead atoms. The largest absolute Gasteiger partial charge is 0.496 e. The highest BCUT2D eigenvalue weighted by Gasteiger charge is 2.14. The highest BCUT2D eigenvalue weighted by molar-refractivity contribution is 5.92. The van der Waals surface area contributed by atoms with Gasteiger partial charge in [0.15, 0.2) is 0 Å². The Morgan fingerprint density at radius 2 is 1.75 bits per heavy atom. The first-order valence-corrected chi connectivity index (χ1v) is 4.98. The van der Waals surface area contributed by atoms with Crippen LogP contribution in [-0.4, -0.2) is 27.2 Å². The summed E-state index contributed by atoms with van der Waals surface area (Å²) >= 11 is 0. The average Bonchev–Trinajstić information content (AvgIpc) is 2.27. The summed E-state index contributed by atoms with van der Waals surface area (Å²) in [6.07, 6.45) is 0. The van der Waals surface area contributed by atoms with E-state index in [4.69, 9.17) is 9.47 Å². The van der Waals surface area contributed by atoms with Gasteiger partial charge in [-0.2, -0.15) is 0 Å². The van der Waals surface area contributed by atoms with Crippen molar-refractivity contribution in [2.75, 3.05) is 26.2 Å². The summed E-state index contributed by atoms with van der Waals surface area (Å²) < 4.78 is 10.4. The van der Waals surface area contributed by atoms with Gasteiger partial charge in [0, 0.05) is 20.0 Å². The van der Waals surface area contributed by atoms with Gasteiger partial charge in [-0.3, -0.25) is 4.79 Å². The van der Waals surface area contributed by atoms with Crippen LogP contribution >= 0.6 is 0 Å². The quantitative estimate of drug-likeness (QED) is 0.786. The minimum absolute atomic E-state index is 0.0390. The molecule has 88 valence electrons. The number of rotatable bonds is 3. The highest BCUT2D eigenvalue weighted by atomic mass is 16.5. The van der Waals surface area contributed by atoms with Crippen molar-refractivity contribution in [3.63, 3.8) is 0 Å². The second-order valence-corrected chi connectivity index (χ2v) is 3.57. The summed E-state index contributed by atoms with van der Waals surface area (Å²) in [6, 6.07) is 3.66. The number of amides is 1. The summed E-state index contributed by atoms with van der Waals surface area (Å²) in [7, 11) is 4.89. The SMILES string of the molecule is COc1cc(OC)c(N(C)C(C)=O)cc1C. The number of hydrogen-bond donors (Lipinski definition) is 0. The van der Waals surface area contributed by atoms with E-state index in [1.807, 2.05) is 13.0 Å². The molecule has 16 heavy (non-hydrogen) atoms. The van der Waals surface area contributed by atoms with Gasteiger partial charge in [-0.15, -0.1) is 0 Å². The third kappa shape index (κ3) is 2.27. The van der Waals surface area contributed by atoms with Crippen molar-refractivity contribution in [3.05, 3.63) is 17.7 Å². The maximum absolute atomic E-state index is 11.3. The van der Waals surface area contributed by atoms with Gasteiger partial charge in [-0.1, -0.05) is 0 Å². The Labute approximate surface area is 95.8 Å². The smallest absolute Gasteiger partial charge is 0.223 e. The van der Waals surface area contributed by atoms with Gasteiger partial charge < -0.3 is 14.4 Å². The fraction of sp³-hybridized carbons (Fsp3) is 0.417. The standard InChI is InChI=1S/C12H17NO3/c1-8-6-10(13(3)9(2)14)12(16-5)7-11(8)15-4/h6-7H,1-5H3. The van der Waals surface area contributed by atoms with Crippen LogP contribution in [0, 0.1) is 6.92 Å². The summed E-state index contributed by atoms with van der Waals surface area (Å²) in [4.78, 5) is 12.9. The van der Waals surface area contributed by atoms with Crippen LogP contribution in [0.15, 0.2) is 12.1 Å². The Kier molecular flexibility index (Phi) is 3.77. The van der Waals surface area contributed by atoms with Gasteiger partial charge in [0.1, 0.15) is 11.5 Å². The first-order chi connectivity index (χ1) is 7.51. The van der Waals surface area contributed by atoms with Crippen molar-refractivity contribution in [2.24, 2.45) is 0 Å². The van der Waals surface area contributed by atoms with E-state index in [9.17, 15) is 4.79 Å². The number of hydrogen-bond acceptors (Lipinski definition) is 3. The molecule has 0 fully saturated rings. The van der Waals surface area contributed by atoms with Gasteiger partial charge in [0.05, 0.1) is 19.9 Å². The normalized spacial score (nSPS) is 9.81. The molecule has 1 rings (SSSR count). The third-order valence-electron chi connectivity index (χ3n) is 2.53. The van der Waals surface area contributed by atoms with Crippen LogP contribution in [0.5, 0.6) is 11.5 Å². The van der Waals surface area contributed by atoms with E-state index in [0.29, 0.717) is 5.75 Å². The van der Waals surface area contributed by atoms with E-state index in [1.54, 1.807) is 32.2 Å².